The summed E-state index contributed by atoms with van der Waals surface area (Å²) in [5.41, 5.74) is 5.93. The van der Waals surface area contributed by atoms with E-state index in [0.29, 0.717) is 19.3 Å². The molecule has 0 spiro atoms. The third kappa shape index (κ3) is 3.60. The van der Waals surface area contributed by atoms with Crippen molar-refractivity contribution in [2.45, 2.75) is 38.1 Å². The van der Waals surface area contributed by atoms with Crippen molar-refractivity contribution in [1.29, 1.82) is 0 Å². The second-order valence-corrected chi connectivity index (χ2v) is 8.04. The quantitative estimate of drug-likeness (QED) is 0.703. The van der Waals surface area contributed by atoms with E-state index in [-0.39, 0.29) is 23.7 Å². The zero-order chi connectivity index (χ0) is 19.8. The lowest BCUT2D eigenvalue weighted by Crippen LogP contribution is -2.41. The van der Waals surface area contributed by atoms with Gasteiger partial charge in [-0.05, 0) is 36.1 Å². The van der Waals surface area contributed by atoms with Crippen LogP contribution in [0.2, 0.25) is 0 Å². The smallest absolute Gasteiger partial charge is 0.223 e. The molecule has 1 unspecified atom stereocenters. The highest BCUT2D eigenvalue weighted by Gasteiger charge is 2.35. The van der Waals surface area contributed by atoms with Crippen molar-refractivity contribution in [1.82, 2.24) is 15.3 Å². The summed E-state index contributed by atoms with van der Waals surface area (Å²) in [5.74, 6) is 0.350. The van der Waals surface area contributed by atoms with E-state index in [4.69, 9.17) is 0 Å². The fourth-order valence-electron chi connectivity index (χ4n) is 4.24. The molecule has 0 saturated heterocycles. The summed E-state index contributed by atoms with van der Waals surface area (Å²) in [5, 5.41) is 3.08. The molecule has 2 aliphatic carbocycles. The topological polar surface area (TPSA) is 74.8 Å². The Balaban J connectivity index is 1.52. The fourth-order valence-corrected chi connectivity index (χ4v) is 4.24. The van der Waals surface area contributed by atoms with E-state index in [1.54, 1.807) is 12.4 Å². The average molecular weight is 385 g/mol. The number of hydrogen-bond acceptors (Lipinski definition) is 3. The van der Waals surface area contributed by atoms with Gasteiger partial charge in [-0.2, -0.15) is 0 Å². The Hall–Kier alpha value is -3.21. The van der Waals surface area contributed by atoms with E-state index in [1.165, 1.54) is 5.56 Å². The number of rotatable bonds is 5. The molecule has 1 fully saturated rings. The van der Waals surface area contributed by atoms with Crippen LogP contribution in [0.15, 0.2) is 54.9 Å². The summed E-state index contributed by atoms with van der Waals surface area (Å²) in [6.07, 6.45) is 7.17. The van der Waals surface area contributed by atoms with Crippen LogP contribution in [0.4, 0.5) is 0 Å². The lowest BCUT2D eigenvalue weighted by atomic mass is 9.87. The largest absolute Gasteiger partial charge is 0.357 e. The Morgan fingerprint density at radius 1 is 1.07 bits per heavy atom. The van der Waals surface area contributed by atoms with E-state index in [2.05, 4.69) is 27.4 Å². The minimum atomic E-state index is -0.128. The SMILES string of the molecule is O=C1CC(NC(=O)C2CC2)Cc2[nH]c(-c3ccncc3)c(Cc3ccccc3)c21. The van der Waals surface area contributed by atoms with Crippen molar-refractivity contribution in [2.75, 3.05) is 0 Å². The molecule has 0 bridgehead atoms. The zero-order valence-corrected chi connectivity index (χ0v) is 16.2. The molecule has 1 atom stereocenters. The summed E-state index contributed by atoms with van der Waals surface area (Å²) in [4.78, 5) is 33.0. The maximum absolute atomic E-state index is 13.1. The van der Waals surface area contributed by atoms with E-state index in [1.807, 2.05) is 30.3 Å². The highest BCUT2D eigenvalue weighted by molar-refractivity contribution is 6.02. The Labute approximate surface area is 169 Å². The van der Waals surface area contributed by atoms with Gasteiger partial charge in [0, 0.05) is 60.4 Å². The number of Topliss-reactive ketones (excluding diaryl/α,β-unsaturated/α-hetero) is 1. The first-order chi connectivity index (χ1) is 14.2. The molecule has 2 aliphatic rings. The monoisotopic (exact) mass is 385 g/mol. The van der Waals surface area contributed by atoms with Crippen molar-refractivity contribution in [3.8, 4) is 11.3 Å². The van der Waals surface area contributed by atoms with Crippen LogP contribution in [0.25, 0.3) is 11.3 Å². The maximum atomic E-state index is 13.1. The van der Waals surface area contributed by atoms with Crippen LogP contribution < -0.4 is 5.32 Å². The van der Waals surface area contributed by atoms with Crippen LogP contribution in [0.5, 0.6) is 0 Å². The van der Waals surface area contributed by atoms with E-state index in [9.17, 15) is 9.59 Å². The molecule has 5 heteroatoms. The molecule has 5 rings (SSSR count). The third-order valence-corrected chi connectivity index (χ3v) is 5.83. The van der Waals surface area contributed by atoms with Gasteiger partial charge in [0.05, 0.1) is 5.69 Å². The van der Waals surface area contributed by atoms with Gasteiger partial charge in [-0.3, -0.25) is 14.6 Å². The normalized spacial score (nSPS) is 18.3. The van der Waals surface area contributed by atoms with Gasteiger partial charge in [0.1, 0.15) is 0 Å². The second kappa shape index (κ2) is 7.32. The van der Waals surface area contributed by atoms with Gasteiger partial charge in [0.25, 0.3) is 0 Å². The first kappa shape index (κ1) is 17.9. The predicted molar refractivity (Wildman–Crippen MR) is 111 cm³/mol. The van der Waals surface area contributed by atoms with E-state index in [0.717, 1.165) is 40.9 Å². The Bertz CT molecular complexity index is 1050. The van der Waals surface area contributed by atoms with Gasteiger partial charge in [-0.15, -0.1) is 0 Å². The molecular weight excluding hydrogens is 362 g/mol. The zero-order valence-electron chi connectivity index (χ0n) is 16.2. The van der Waals surface area contributed by atoms with Crippen LogP contribution >= 0.6 is 0 Å². The molecule has 5 nitrogen and oxygen atoms in total. The Kier molecular flexibility index (Phi) is 4.51. The van der Waals surface area contributed by atoms with Gasteiger partial charge < -0.3 is 10.3 Å². The van der Waals surface area contributed by atoms with Gasteiger partial charge in [-0.1, -0.05) is 30.3 Å². The number of benzene rings is 1. The summed E-state index contributed by atoms with van der Waals surface area (Å²) in [7, 11) is 0. The molecule has 29 heavy (non-hydrogen) atoms. The van der Waals surface area contributed by atoms with Crippen LogP contribution in [0.3, 0.4) is 0 Å². The standard InChI is InChI=1S/C24H23N3O2/c28-21-14-18(26-24(29)17-6-7-17)13-20-22(21)19(12-15-4-2-1-3-5-15)23(27-20)16-8-10-25-11-9-16/h1-5,8-11,17-18,27H,6-7,12-14H2,(H,26,29). The molecule has 2 N–H and O–H groups in total. The molecule has 3 aromatic rings. The number of nitrogens with one attached hydrogen (secondary N) is 2. The molecule has 1 aromatic carbocycles. The number of pyridine rings is 1. The summed E-state index contributed by atoms with van der Waals surface area (Å²) in [6.45, 7) is 0. The number of amides is 1. The van der Waals surface area contributed by atoms with Crippen LogP contribution in [-0.2, 0) is 17.6 Å². The Morgan fingerprint density at radius 2 is 1.83 bits per heavy atom. The van der Waals surface area contributed by atoms with Gasteiger partial charge in [0.2, 0.25) is 5.91 Å². The van der Waals surface area contributed by atoms with Crippen molar-refractivity contribution < 1.29 is 9.59 Å². The molecule has 2 aromatic heterocycles. The first-order valence-electron chi connectivity index (χ1n) is 10.2. The van der Waals surface area contributed by atoms with Crippen molar-refractivity contribution in [2.24, 2.45) is 5.92 Å². The van der Waals surface area contributed by atoms with Gasteiger partial charge >= 0.3 is 0 Å². The maximum Gasteiger partial charge on any atom is 0.223 e. The first-order valence-corrected chi connectivity index (χ1v) is 10.2. The third-order valence-electron chi connectivity index (χ3n) is 5.83. The summed E-state index contributed by atoms with van der Waals surface area (Å²) >= 11 is 0. The lowest BCUT2D eigenvalue weighted by Gasteiger charge is -2.23. The number of aromatic nitrogens is 2. The molecule has 1 amide bonds. The number of carbonyl (C=O) groups is 2. The number of carbonyl (C=O) groups excluding carboxylic acids is 2. The summed E-state index contributed by atoms with van der Waals surface area (Å²) < 4.78 is 0. The highest BCUT2D eigenvalue weighted by Crippen LogP contribution is 2.35. The lowest BCUT2D eigenvalue weighted by molar-refractivity contribution is -0.122. The van der Waals surface area contributed by atoms with Crippen LogP contribution in [-0.4, -0.2) is 27.7 Å². The van der Waals surface area contributed by atoms with Crippen LogP contribution in [0, 0.1) is 5.92 Å². The highest BCUT2D eigenvalue weighted by atomic mass is 16.2. The van der Waals surface area contributed by atoms with Crippen molar-refractivity contribution in [3.63, 3.8) is 0 Å². The number of ketones is 1. The van der Waals surface area contributed by atoms with Crippen LogP contribution in [0.1, 0.15) is 46.4 Å². The van der Waals surface area contributed by atoms with Crippen molar-refractivity contribution in [3.05, 3.63) is 77.2 Å². The van der Waals surface area contributed by atoms with E-state index >= 15 is 0 Å². The van der Waals surface area contributed by atoms with Gasteiger partial charge in [0.15, 0.2) is 5.78 Å². The number of nitrogens with zero attached hydrogens (tertiary/aromatic N) is 1. The fraction of sp³-hybridized carbons (Fsp3) is 0.292. The molecule has 2 heterocycles. The molecule has 1 saturated carbocycles. The van der Waals surface area contributed by atoms with Crippen molar-refractivity contribution >= 4 is 11.7 Å². The molecule has 0 aliphatic heterocycles. The van der Waals surface area contributed by atoms with Gasteiger partial charge in [-0.25, -0.2) is 0 Å². The minimum absolute atomic E-state index is 0.0941. The molecular formula is C24H23N3O2. The Morgan fingerprint density at radius 3 is 2.55 bits per heavy atom. The summed E-state index contributed by atoms with van der Waals surface area (Å²) in [6, 6.07) is 14.0. The number of H-pyrrole nitrogens is 1. The molecule has 146 valence electrons. The number of fused-ring (bicyclic) bond motifs is 1. The predicted octanol–water partition coefficient (Wildman–Crippen LogP) is 3.69. The van der Waals surface area contributed by atoms with E-state index < -0.39 is 0 Å². The number of aromatic amines is 1. The second-order valence-electron chi connectivity index (χ2n) is 8.04. The number of hydrogen-bond donors (Lipinski definition) is 2. The average Bonchev–Trinajstić information content (AvgIpc) is 3.52. The molecule has 0 radical (unpaired) electrons. The minimum Gasteiger partial charge on any atom is -0.357 e.